The lowest BCUT2D eigenvalue weighted by molar-refractivity contribution is 0.00845. The van der Waals surface area contributed by atoms with Gasteiger partial charge in [-0.25, -0.2) is 9.78 Å². The van der Waals surface area contributed by atoms with Gasteiger partial charge in [-0.2, -0.15) is 0 Å². The van der Waals surface area contributed by atoms with E-state index in [1.807, 2.05) is 58.0 Å². The molecule has 0 radical (unpaired) electrons. The Morgan fingerprint density at radius 1 is 1.39 bits per heavy atom. The molecular formula is C20H27N3O4S. The van der Waals surface area contributed by atoms with E-state index in [2.05, 4.69) is 4.98 Å². The summed E-state index contributed by atoms with van der Waals surface area (Å²) in [6.07, 6.45) is -1.26. The molecule has 0 aliphatic carbocycles. The van der Waals surface area contributed by atoms with E-state index in [9.17, 15) is 15.0 Å². The number of thiazole rings is 1. The summed E-state index contributed by atoms with van der Waals surface area (Å²) in [6.45, 7) is 5.80. The molecule has 0 bridgehead atoms. The summed E-state index contributed by atoms with van der Waals surface area (Å²) in [5, 5.41) is 21.1. The maximum absolute atomic E-state index is 12.4. The van der Waals surface area contributed by atoms with Crippen LogP contribution in [0.25, 0.3) is 10.6 Å². The van der Waals surface area contributed by atoms with Crippen molar-refractivity contribution < 1.29 is 19.7 Å². The van der Waals surface area contributed by atoms with Gasteiger partial charge in [-0.15, -0.1) is 11.3 Å². The first kappa shape index (κ1) is 20.6. The fourth-order valence-electron chi connectivity index (χ4n) is 3.05. The molecule has 1 amide bonds. The van der Waals surface area contributed by atoms with Crippen LogP contribution in [0.5, 0.6) is 0 Å². The topological polar surface area (TPSA) is 86.1 Å². The van der Waals surface area contributed by atoms with Crippen molar-refractivity contribution in [1.29, 1.82) is 0 Å². The highest BCUT2D eigenvalue weighted by molar-refractivity contribution is 7.15. The first-order chi connectivity index (χ1) is 13.1. The molecule has 0 spiro atoms. The van der Waals surface area contributed by atoms with Crippen LogP contribution in [0, 0.1) is 0 Å². The molecule has 1 aliphatic heterocycles. The number of amides is 1. The first-order valence-electron chi connectivity index (χ1n) is 9.16. The van der Waals surface area contributed by atoms with Crippen LogP contribution < -0.4 is 4.90 Å². The lowest BCUT2D eigenvalue weighted by Crippen LogP contribution is -2.41. The van der Waals surface area contributed by atoms with Gasteiger partial charge in [-0.3, -0.25) is 4.90 Å². The molecule has 1 aromatic heterocycles. The van der Waals surface area contributed by atoms with E-state index in [1.165, 1.54) is 16.2 Å². The molecule has 0 fully saturated rings. The summed E-state index contributed by atoms with van der Waals surface area (Å²) in [7, 11) is 3.89. The van der Waals surface area contributed by atoms with Gasteiger partial charge >= 0.3 is 6.09 Å². The largest absolute Gasteiger partial charge is 0.444 e. The zero-order chi connectivity index (χ0) is 20.6. The minimum absolute atomic E-state index is 0.103. The Morgan fingerprint density at radius 3 is 2.71 bits per heavy atom. The highest BCUT2D eigenvalue weighted by atomic mass is 32.1. The maximum Gasteiger partial charge on any atom is 0.410 e. The Kier molecular flexibility index (Phi) is 5.65. The molecule has 1 unspecified atom stereocenters. The van der Waals surface area contributed by atoms with E-state index in [0.717, 1.165) is 26.7 Å². The minimum Gasteiger partial charge on any atom is -0.444 e. The maximum atomic E-state index is 12.4. The normalized spacial score (nSPS) is 16.7. The number of β-amino-alcohol motifs (C(OH)–C–C–N with tert-alkyl or cyclic N) is 1. The van der Waals surface area contributed by atoms with E-state index in [1.54, 1.807) is 0 Å². The quantitative estimate of drug-likeness (QED) is 0.816. The second kappa shape index (κ2) is 7.69. The number of hydrogen-bond acceptors (Lipinski definition) is 7. The fourth-order valence-corrected chi connectivity index (χ4v) is 4.16. The highest BCUT2D eigenvalue weighted by Gasteiger charge is 2.33. The average Bonchev–Trinajstić information content (AvgIpc) is 3.04. The van der Waals surface area contributed by atoms with Gasteiger partial charge in [0.15, 0.2) is 0 Å². The summed E-state index contributed by atoms with van der Waals surface area (Å²) < 4.78 is 5.42. The van der Waals surface area contributed by atoms with Crippen LogP contribution in [0.4, 0.5) is 10.5 Å². The molecule has 1 aromatic carbocycles. The van der Waals surface area contributed by atoms with Crippen molar-refractivity contribution in [2.45, 2.75) is 45.6 Å². The van der Waals surface area contributed by atoms with Gasteiger partial charge in [-0.05, 0) is 44.5 Å². The lowest BCUT2D eigenvalue weighted by atomic mass is 10.1. The SMILES string of the molecule is CN(C)c1ccc(-c2nc3c(s2)C(O)CN(C(=O)OC(C)(C)C)C3)c(CO)c1. The number of aromatic nitrogens is 1. The van der Waals surface area contributed by atoms with Crippen molar-refractivity contribution in [3.8, 4) is 10.6 Å². The number of nitrogens with zero attached hydrogens (tertiary/aromatic N) is 3. The smallest absolute Gasteiger partial charge is 0.410 e. The number of carbonyl (C=O) groups is 1. The lowest BCUT2D eigenvalue weighted by Gasteiger charge is -2.31. The van der Waals surface area contributed by atoms with Crippen molar-refractivity contribution in [3.63, 3.8) is 0 Å². The minimum atomic E-state index is -0.804. The Balaban J connectivity index is 1.90. The van der Waals surface area contributed by atoms with Crippen molar-refractivity contribution in [3.05, 3.63) is 34.3 Å². The van der Waals surface area contributed by atoms with Gasteiger partial charge < -0.3 is 19.8 Å². The predicted octanol–water partition coefficient (Wildman–Crippen LogP) is 3.15. The molecule has 7 nitrogen and oxygen atoms in total. The monoisotopic (exact) mass is 405 g/mol. The van der Waals surface area contributed by atoms with Gasteiger partial charge in [0.2, 0.25) is 0 Å². The zero-order valence-corrected chi connectivity index (χ0v) is 17.7. The molecule has 8 heteroatoms. The molecular weight excluding hydrogens is 378 g/mol. The second-order valence-corrected chi connectivity index (χ2v) is 9.13. The number of anilines is 1. The molecule has 2 N–H and O–H groups in total. The van der Waals surface area contributed by atoms with Crippen LogP contribution in [0.1, 0.15) is 43.0 Å². The van der Waals surface area contributed by atoms with Crippen molar-refractivity contribution in [2.24, 2.45) is 0 Å². The van der Waals surface area contributed by atoms with Crippen LogP contribution in [-0.2, 0) is 17.9 Å². The number of rotatable bonds is 3. The van der Waals surface area contributed by atoms with Gasteiger partial charge in [0.1, 0.15) is 16.7 Å². The molecule has 0 saturated carbocycles. The van der Waals surface area contributed by atoms with Crippen molar-refractivity contribution >= 4 is 23.1 Å². The van der Waals surface area contributed by atoms with Crippen LogP contribution in [-0.4, -0.2) is 52.4 Å². The Labute approximate surface area is 169 Å². The summed E-state index contributed by atoms with van der Waals surface area (Å²) in [6, 6.07) is 5.83. The highest BCUT2D eigenvalue weighted by Crippen LogP contribution is 2.38. The summed E-state index contributed by atoms with van der Waals surface area (Å²) in [5.41, 5.74) is 2.68. The molecule has 2 heterocycles. The number of hydrogen-bond donors (Lipinski definition) is 2. The van der Waals surface area contributed by atoms with Crippen molar-refractivity contribution in [1.82, 2.24) is 9.88 Å². The Morgan fingerprint density at radius 2 is 2.11 bits per heavy atom. The van der Waals surface area contributed by atoms with E-state index >= 15 is 0 Å². The summed E-state index contributed by atoms with van der Waals surface area (Å²) in [5.74, 6) is 0. The number of carbonyl (C=O) groups excluding carboxylic acids is 1. The summed E-state index contributed by atoms with van der Waals surface area (Å²) >= 11 is 1.40. The molecule has 3 rings (SSSR count). The van der Waals surface area contributed by atoms with Crippen LogP contribution in [0.15, 0.2) is 18.2 Å². The number of benzene rings is 1. The van der Waals surface area contributed by atoms with Crippen LogP contribution >= 0.6 is 11.3 Å². The van der Waals surface area contributed by atoms with Crippen LogP contribution in [0.3, 0.4) is 0 Å². The van der Waals surface area contributed by atoms with Gasteiger partial charge in [0.25, 0.3) is 0 Å². The van der Waals surface area contributed by atoms with Crippen molar-refractivity contribution in [2.75, 3.05) is 25.5 Å². The van der Waals surface area contributed by atoms with Crippen LogP contribution in [0.2, 0.25) is 0 Å². The third-order valence-electron chi connectivity index (χ3n) is 4.42. The van der Waals surface area contributed by atoms with Gasteiger partial charge in [0, 0.05) is 25.3 Å². The standard InChI is InChI=1S/C20H27N3O4S/c1-20(2,3)27-19(26)23-9-15-17(16(25)10-23)28-18(21-15)14-7-6-13(22(4)5)8-12(14)11-24/h6-8,16,24-25H,9-11H2,1-5H3. The fraction of sp³-hybridized carbons (Fsp3) is 0.500. The van der Waals surface area contributed by atoms with E-state index in [-0.39, 0.29) is 13.2 Å². The molecule has 2 aromatic rings. The molecule has 0 saturated heterocycles. The summed E-state index contributed by atoms with van der Waals surface area (Å²) in [4.78, 5) is 21.3. The average molecular weight is 406 g/mol. The van der Waals surface area contributed by atoms with E-state index < -0.39 is 17.8 Å². The van der Waals surface area contributed by atoms with E-state index in [4.69, 9.17) is 4.74 Å². The number of fused-ring (bicyclic) bond motifs is 1. The van der Waals surface area contributed by atoms with Gasteiger partial charge in [0.05, 0.1) is 30.3 Å². The first-order valence-corrected chi connectivity index (χ1v) is 9.97. The molecule has 152 valence electrons. The number of aliphatic hydroxyl groups is 2. The second-order valence-electron chi connectivity index (χ2n) is 8.10. The van der Waals surface area contributed by atoms with Gasteiger partial charge in [-0.1, -0.05) is 0 Å². The molecule has 1 aliphatic rings. The molecule has 28 heavy (non-hydrogen) atoms. The zero-order valence-electron chi connectivity index (χ0n) is 16.9. The number of ether oxygens (including phenoxy) is 1. The molecule has 1 atom stereocenters. The number of aliphatic hydroxyl groups excluding tert-OH is 2. The third-order valence-corrected chi connectivity index (χ3v) is 5.65. The third kappa shape index (κ3) is 4.29. The Hall–Kier alpha value is -2.16. The predicted molar refractivity (Wildman–Crippen MR) is 109 cm³/mol. The van der Waals surface area contributed by atoms with E-state index in [0.29, 0.717) is 12.2 Å². The Bertz CT molecular complexity index is 873.